The quantitative estimate of drug-likeness (QED) is 0.515. The zero-order chi connectivity index (χ0) is 26.2. The maximum Gasteiger partial charge on any atom is 0.401 e. The normalized spacial score (nSPS) is 17.9. The van der Waals surface area contributed by atoms with Crippen LogP contribution in [0.4, 0.5) is 18.9 Å². The summed E-state index contributed by atoms with van der Waals surface area (Å²) in [6, 6.07) is 9.34. The van der Waals surface area contributed by atoms with Crippen LogP contribution in [0, 0.1) is 6.92 Å². The molecular weight excluding hydrogens is 487 g/mol. The summed E-state index contributed by atoms with van der Waals surface area (Å²) in [5.74, 6) is 0.148. The molecule has 2 aliphatic rings. The summed E-state index contributed by atoms with van der Waals surface area (Å²) < 4.78 is 50.3. The van der Waals surface area contributed by atoms with E-state index in [2.05, 4.69) is 10.2 Å². The number of nitrogens with two attached hydrogens (primary N) is 1. The Morgan fingerprint density at radius 2 is 1.86 bits per heavy atom. The zero-order valence-corrected chi connectivity index (χ0v) is 20.6. The van der Waals surface area contributed by atoms with Crippen LogP contribution in [0.5, 0.6) is 5.75 Å². The number of aromatic nitrogens is 2. The molecule has 2 fully saturated rings. The number of anilines is 1. The van der Waals surface area contributed by atoms with Crippen molar-refractivity contribution in [2.45, 2.75) is 32.0 Å². The number of fused-ring (bicyclic) bond motifs is 1. The minimum atomic E-state index is -4.24. The molecule has 2 aromatic carbocycles. The highest BCUT2D eigenvalue weighted by molar-refractivity contribution is 6.00. The number of primary amides is 1. The number of benzene rings is 2. The molecule has 2 saturated heterocycles. The highest BCUT2D eigenvalue weighted by Crippen LogP contribution is 2.37. The van der Waals surface area contributed by atoms with Gasteiger partial charge in [-0.15, -0.1) is 0 Å². The summed E-state index contributed by atoms with van der Waals surface area (Å²) in [7, 11) is 0. The third-order valence-corrected chi connectivity index (χ3v) is 6.98. The molecule has 198 valence electrons. The third kappa shape index (κ3) is 5.67. The number of carbonyl (C=O) groups is 1. The number of H-pyrrole nitrogens is 1. The summed E-state index contributed by atoms with van der Waals surface area (Å²) in [4.78, 5) is 15.5. The number of aryl methyl sites for hydroxylation is 1. The van der Waals surface area contributed by atoms with Gasteiger partial charge in [0.15, 0.2) is 0 Å². The van der Waals surface area contributed by atoms with Gasteiger partial charge in [-0.25, -0.2) is 0 Å². The van der Waals surface area contributed by atoms with Crippen molar-refractivity contribution < 1.29 is 27.4 Å². The predicted molar refractivity (Wildman–Crippen MR) is 134 cm³/mol. The van der Waals surface area contributed by atoms with Crippen LogP contribution in [0.25, 0.3) is 22.0 Å². The molecule has 0 aliphatic carbocycles. The van der Waals surface area contributed by atoms with Crippen LogP contribution >= 0.6 is 0 Å². The molecule has 1 amide bonds. The highest BCUT2D eigenvalue weighted by atomic mass is 19.4. The van der Waals surface area contributed by atoms with Crippen molar-refractivity contribution in [2.75, 3.05) is 50.8 Å². The van der Waals surface area contributed by atoms with E-state index in [-0.39, 0.29) is 19.2 Å². The maximum atomic E-state index is 12.8. The molecule has 37 heavy (non-hydrogen) atoms. The van der Waals surface area contributed by atoms with Crippen molar-refractivity contribution in [1.82, 2.24) is 15.1 Å². The lowest BCUT2D eigenvalue weighted by atomic mass is 9.99. The number of nitrogens with zero attached hydrogens (tertiary/aromatic N) is 3. The van der Waals surface area contributed by atoms with E-state index < -0.39 is 18.6 Å². The molecule has 2 aliphatic heterocycles. The first-order valence-electron chi connectivity index (χ1n) is 12.4. The van der Waals surface area contributed by atoms with Gasteiger partial charge in [-0.1, -0.05) is 6.07 Å². The number of piperazine rings is 1. The molecule has 8 nitrogen and oxygen atoms in total. The van der Waals surface area contributed by atoms with Crippen molar-refractivity contribution in [2.24, 2.45) is 5.73 Å². The molecule has 0 radical (unpaired) electrons. The maximum absolute atomic E-state index is 12.8. The fourth-order valence-electron chi connectivity index (χ4n) is 5.09. The lowest BCUT2D eigenvalue weighted by molar-refractivity contribution is -0.146. The van der Waals surface area contributed by atoms with E-state index >= 15 is 0 Å². The molecule has 11 heteroatoms. The van der Waals surface area contributed by atoms with E-state index in [0.717, 1.165) is 46.3 Å². The van der Waals surface area contributed by atoms with E-state index in [4.69, 9.17) is 15.2 Å². The summed E-state index contributed by atoms with van der Waals surface area (Å²) in [5.41, 5.74) is 9.98. The number of halogens is 3. The fourth-order valence-corrected chi connectivity index (χ4v) is 5.09. The second-order valence-corrected chi connectivity index (χ2v) is 9.61. The van der Waals surface area contributed by atoms with Crippen LogP contribution in [-0.4, -0.2) is 79.2 Å². The summed E-state index contributed by atoms with van der Waals surface area (Å²) >= 11 is 0. The Morgan fingerprint density at radius 1 is 1.14 bits per heavy atom. The fraction of sp³-hybridized carbons (Fsp3) is 0.462. The monoisotopic (exact) mass is 517 g/mol. The van der Waals surface area contributed by atoms with E-state index in [1.165, 1.54) is 4.90 Å². The number of alkyl halides is 3. The van der Waals surface area contributed by atoms with E-state index in [9.17, 15) is 18.0 Å². The van der Waals surface area contributed by atoms with Gasteiger partial charge >= 0.3 is 6.18 Å². The second kappa shape index (κ2) is 10.2. The Balaban J connectivity index is 1.47. The van der Waals surface area contributed by atoms with Gasteiger partial charge in [0.1, 0.15) is 11.9 Å². The lowest BCUT2D eigenvalue weighted by Crippen LogP contribution is -2.49. The van der Waals surface area contributed by atoms with Crippen molar-refractivity contribution in [3.05, 3.63) is 41.6 Å². The first kappa shape index (κ1) is 25.3. The largest absolute Gasteiger partial charge is 0.489 e. The number of nitrogens with one attached hydrogen (secondary N) is 1. The van der Waals surface area contributed by atoms with Crippen LogP contribution in [0.3, 0.4) is 0 Å². The number of ether oxygens (including phenoxy) is 2. The minimum absolute atomic E-state index is 0.0438. The smallest absolute Gasteiger partial charge is 0.401 e. The van der Waals surface area contributed by atoms with E-state index in [1.807, 2.05) is 36.1 Å². The first-order valence-corrected chi connectivity index (χ1v) is 12.4. The van der Waals surface area contributed by atoms with Gasteiger partial charge in [-0.05, 0) is 42.3 Å². The molecule has 0 bridgehead atoms. The number of hydrogen-bond acceptors (Lipinski definition) is 6. The molecule has 3 aromatic rings. The minimum Gasteiger partial charge on any atom is -0.489 e. The Kier molecular flexibility index (Phi) is 7.00. The summed E-state index contributed by atoms with van der Waals surface area (Å²) in [5, 5.41) is 8.35. The predicted octanol–water partition coefficient (Wildman–Crippen LogP) is 3.88. The zero-order valence-electron chi connectivity index (χ0n) is 20.6. The number of aromatic amines is 1. The molecule has 0 atom stereocenters. The van der Waals surface area contributed by atoms with Crippen LogP contribution in [0.15, 0.2) is 30.3 Å². The van der Waals surface area contributed by atoms with E-state index in [0.29, 0.717) is 37.6 Å². The van der Waals surface area contributed by atoms with Crippen LogP contribution in [0.1, 0.15) is 28.9 Å². The Labute approximate surface area is 212 Å². The SMILES string of the molecule is Cc1n[nH]c2cc(-c3ccc(C(N)=O)c(N4CCN(CC(F)(F)F)CC4)c3)cc(OC3CCOCC3)c12. The Bertz CT molecular complexity index is 1280. The Morgan fingerprint density at radius 3 is 2.54 bits per heavy atom. The average molecular weight is 518 g/mol. The summed E-state index contributed by atoms with van der Waals surface area (Å²) in [6.45, 7) is 3.50. The number of amides is 1. The standard InChI is InChI=1S/C26H30F3N5O3/c1-16-24-21(32-31-16)12-18(14-23(24)37-19-4-10-36-11-5-19)17-2-3-20(25(30)35)22(13-17)34-8-6-33(7-9-34)15-26(27,28)29/h2-3,12-14,19H,4-11,15H2,1H3,(H2,30,35)(H,31,32). The number of carbonyl (C=O) groups excluding carboxylic acids is 1. The van der Waals surface area contributed by atoms with Crippen molar-refractivity contribution in [3.8, 4) is 16.9 Å². The van der Waals surface area contributed by atoms with Crippen LogP contribution in [0.2, 0.25) is 0 Å². The molecule has 1 aromatic heterocycles. The van der Waals surface area contributed by atoms with E-state index in [1.54, 1.807) is 6.07 Å². The molecule has 0 saturated carbocycles. The molecular formula is C26H30F3N5O3. The highest BCUT2D eigenvalue weighted by Gasteiger charge is 2.32. The van der Waals surface area contributed by atoms with Crippen LogP contribution in [-0.2, 0) is 4.74 Å². The molecule has 3 heterocycles. The van der Waals surface area contributed by atoms with Gasteiger partial charge in [0.25, 0.3) is 5.91 Å². The second-order valence-electron chi connectivity index (χ2n) is 9.61. The van der Waals surface area contributed by atoms with Crippen molar-refractivity contribution >= 4 is 22.5 Å². The van der Waals surface area contributed by atoms with Gasteiger partial charge < -0.3 is 20.1 Å². The Hall–Kier alpha value is -3.31. The van der Waals surface area contributed by atoms with Crippen LogP contribution < -0.4 is 15.4 Å². The molecule has 5 rings (SSSR count). The van der Waals surface area contributed by atoms with Gasteiger partial charge in [-0.2, -0.15) is 18.3 Å². The summed E-state index contributed by atoms with van der Waals surface area (Å²) in [6.07, 6.45) is -2.59. The topological polar surface area (TPSA) is 96.7 Å². The molecule has 3 N–H and O–H groups in total. The number of rotatable bonds is 6. The lowest BCUT2D eigenvalue weighted by Gasteiger charge is -2.37. The molecule has 0 spiro atoms. The van der Waals surface area contributed by atoms with Crippen molar-refractivity contribution in [1.29, 1.82) is 0 Å². The van der Waals surface area contributed by atoms with Crippen molar-refractivity contribution in [3.63, 3.8) is 0 Å². The average Bonchev–Trinajstić information content (AvgIpc) is 3.24. The van der Waals surface area contributed by atoms with Gasteiger partial charge in [0.05, 0.1) is 47.6 Å². The third-order valence-electron chi connectivity index (χ3n) is 6.98. The van der Waals surface area contributed by atoms with Gasteiger partial charge in [0, 0.05) is 39.0 Å². The van der Waals surface area contributed by atoms with Gasteiger partial charge in [-0.3, -0.25) is 14.8 Å². The van der Waals surface area contributed by atoms with Gasteiger partial charge in [0.2, 0.25) is 0 Å². The molecule has 0 unspecified atom stereocenters. The number of hydrogen-bond donors (Lipinski definition) is 2. The first-order chi connectivity index (χ1) is 17.7.